The van der Waals surface area contributed by atoms with E-state index in [1.807, 2.05) is 0 Å². The van der Waals surface area contributed by atoms with Crippen LogP contribution in [0.15, 0.2) is 12.1 Å². The minimum atomic E-state index is -0.876. The number of benzene rings is 1. The molecule has 1 aromatic rings. The summed E-state index contributed by atoms with van der Waals surface area (Å²) in [5.74, 6) is 1.51. The van der Waals surface area contributed by atoms with Crippen molar-refractivity contribution in [3.05, 3.63) is 15.7 Å². The molecule has 0 unspecified atom stereocenters. The van der Waals surface area contributed by atoms with Crippen molar-refractivity contribution < 1.29 is 18.6 Å². The second-order valence-corrected chi connectivity index (χ2v) is 3.55. The number of hydrogen-bond donors (Lipinski definition) is 0. The smallest absolute Gasteiger partial charge is 0.228 e. The molecule has 0 heterocycles. The van der Waals surface area contributed by atoms with Gasteiger partial charge < -0.3 is 14.2 Å². The summed E-state index contributed by atoms with van der Waals surface area (Å²) >= 11 is 2.08. The molecule has 0 aliphatic heterocycles. The largest absolute Gasteiger partial charge is 0.496 e. The van der Waals surface area contributed by atoms with Gasteiger partial charge in [0.25, 0.3) is 0 Å². The van der Waals surface area contributed by atoms with Crippen molar-refractivity contribution in [3.63, 3.8) is 0 Å². The third-order valence-corrected chi connectivity index (χ3v) is 2.49. The lowest BCUT2D eigenvalue weighted by Crippen LogP contribution is -1.96. The Morgan fingerprint density at radius 1 is 1.14 bits per heavy atom. The maximum atomic E-state index is 12.0. The van der Waals surface area contributed by atoms with Gasteiger partial charge in [-0.15, -0.1) is 0 Å². The molecule has 1 rings (SSSR count). The van der Waals surface area contributed by atoms with E-state index in [1.54, 1.807) is 19.2 Å². The summed E-state index contributed by atoms with van der Waals surface area (Å²) in [6, 6.07) is 3.32. The summed E-state index contributed by atoms with van der Waals surface area (Å²) in [6.07, 6.45) is 0. The van der Waals surface area contributed by atoms with E-state index in [2.05, 4.69) is 22.6 Å². The topological polar surface area (TPSA) is 27.7 Å². The standard InChI is InChI=1S/C9H10FIO3/c1-12-7-4-8(13-2)9(14-5-10)3-6(7)11/h3-4H,5H2,1-2H3. The molecule has 0 bridgehead atoms. The van der Waals surface area contributed by atoms with Gasteiger partial charge in [-0.05, 0) is 22.6 Å². The van der Waals surface area contributed by atoms with Crippen LogP contribution in [-0.2, 0) is 0 Å². The molecule has 0 N–H and O–H groups in total. The summed E-state index contributed by atoms with van der Waals surface area (Å²) in [4.78, 5) is 0. The fraction of sp³-hybridized carbons (Fsp3) is 0.333. The lowest BCUT2D eigenvalue weighted by atomic mass is 10.3. The van der Waals surface area contributed by atoms with Crippen LogP contribution in [0.25, 0.3) is 0 Å². The Morgan fingerprint density at radius 3 is 2.29 bits per heavy atom. The summed E-state index contributed by atoms with van der Waals surface area (Å²) in [5, 5.41) is 0. The number of rotatable bonds is 4. The minimum Gasteiger partial charge on any atom is -0.496 e. The highest BCUT2D eigenvalue weighted by Gasteiger charge is 2.10. The highest BCUT2D eigenvalue weighted by atomic mass is 127. The van der Waals surface area contributed by atoms with Gasteiger partial charge in [-0.25, -0.2) is 4.39 Å². The van der Waals surface area contributed by atoms with Crippen LogP contribution < -0.4 is 14.2 Å². The molecule has 5 heteroatoms. The first kappa shape index (κ1) is 11.4. The predicted molar refractivity (Wildman–Crippen MR) is 58.9 cm³/mol. The van der Waals surface area contributed by atoms with E-state index >= 15 is 0 Å². The van der Waals surface area contributed by atoms with E-state index in [4.69, 9.17) is 14.2 Å². The number of ether oxygens (including phenoxy) is 3. The Bertz CT molecular complexity index is 317. The van der Waals surface area contributed by atoms with E-state index in [9.17, 15) is 4.39 Å². The summed E-state index contributed by atoms with van der Waals surface area (Å²) < 4.78 is 27.7. The van der Waals surface area contributed by atoms with Crippen molar-refractivity contribution in [3.8, 4) is 17.2 Å². The fourth-order valence-corrected chi connectivity index (χ4v) is 1.66. The Kier molecular flexibility index (Phi) is 4.24. The van der Waals surface area contributed by atoms with Gasteiger partial charge >= 0.3 is 0 Å². The SMILES string of the molecule is COc1cc(OC)c(OCF)cc1I. The summed E-state index contributed by atoms with van der Waals surface area (Å²) in [7, 11) is 3.05. The van der Waals surface area contributed by atoms with Gasteiger partial charge in [0.05, 0.1) is 17.8 Å². The third kappa shape index (κ3) is 2.40. The van der Waals surface area contributed by atoms with Crippen LogP contribution in [0.2, 0.25) is 0 Å². The molecule has 0 radical (unpaired) electrons. The van der Waals surface area contributed by atoms with Crippen LogP contribution >= 0.6 is 22.6 Å². The molecule has 0 fully saturated rings. The van der Waals surface area contributed by atoms with E-state index in [-0.39, 0.29) is 0 Å². The molecular weight excluding hydrogens is 302 g/mol. The minimum absolute atomic E-state index is 0.375. The highest BCUT2D eigenvalue weighted by molar-refractivity contribution is 14.1. The van der Waals surface area contributed by atoms with Gasteiger partial charge in [-0.2, -0.15) is 0 Å². The van der Waals surface area contributed by atoms with Gasteiger partial charge in [-0.3, -0.25) is 0 Å². The zero-order valence-electron chi connectivity index (χ0n) is 7.84. The molecule has 14 heavy (non-hydrogen) atoms. The molecule has 0 aliphatic rings. The number of hydrogen-bond acceptors (Lipinski definition) is 3. The van der Waals surface area contributed by atoms with Crippen molar-refractivity contribution >= 4 is 22.6 Å². The molecule has 0 amide bonds. The molecular formula is C9H10FIO3. The van der Waals surface area contributed by atoms with Crippen LogP contribution in [0.4, 0.5) is 4.39 Å². The highest BCUT2D eigenvalue weighted by Crippen LogP contribution is 2.35. The predicted octanol–water partition coefficient (Wildman–Crippen LogP) is 2.61. The number of methoxy groups -OCH3 is 2. The molecule has 78 valence electrons. The Hall–Kier alpha value is -0.720. The molecule has 0 aromatic heterocycles. The lowest BCUT2D eigenvalue weighted by Gasteiger charge is -2.11. The quantitative estimate of drug-likeness (QED) is 0.800. The van der Waals surface area contributed by atoms with Crippen LogP contribution in [0.5, 0.6) is 17.2 Å². The first-order valence-corrected chi connectivity index (χ1v) is 4.91. The fourth-order valence-electron chi connectivity index (χ4n) is 1.00. The average Bonchev–Trinajstić information content (AvgIpc) is 2.19. The molecule has 0 saturated heterocycles. The maximum absolute atomic E-state index is 12.0. The Labute approximate surface area is 95.3 Å². The maximum Gasteiger partial charge on any atom is 0.228 e. The molecule has 1 aromatic carbocycles. The van der Waals surface area contributed by atoms with E-state index in [0.29, 0.717) is 17.2 Å². The van der Waals surface area contributed by atoms with Crippen LogP contribution in [-0.4, -0.2) is 21.1 Å². The van der Waals surface area contributed by atoms with Gasteiger partial charge in [0.2, 0.25) is 6.86 Å². The van der Waals surface area contributed by atoms with Crippen LogP contribution in [0.1, 0.15) is 0 Å². The second kappa shape index (κ2) is 5.23. The Balaban J connectivity index is 3.10. The molecule has 0 aliphatic carbocycles. The first-order chi connectivity index (χ1) is 6.72. The third-order valence-electron chi connectivity index (χ3n) is 1.65. The lowest BCUT2D eigenvalue weighted by molar-refractivity contribution is 0.184. The van der Waals surface area contributed by atoms with Gasteiger partial charge in [-0.1, -0.05) is 0 Å². The zero-order valence-corrected chi connectivity index (χ0v) is 10.00. The molecule has 3 nitrogen and oxygen atoms in total. The molecule has 0 saturated carbocycles. The number of alkyl halides is 1. The zero-order chi connectivity index (χ0) is 10.6. The second-order valence-electron chi connectivity index (χ2n) is 2.39. The van der Waals surface area contributed by atoms with E-state index in [0.717, 1.165) is 3.57 Å². The summed E-state index contributed by atoms with van der Waals surface area (Å²) in [5.41, 5.74) is 0. The van der Waals surface area contributed by atoms with Crippen LogP contribution in [0.3, 0.4) is 0 Å². The van der Waals surface area contributed by atoms with Gasteiger partial charge in [0.15, 0.2) is 11.5 Å². The molecule has 0 spiro atoms. The van der Waals surface area contributed by atoms with Crippen LogP contribution in [0, 0.1) is 3.57 Å². The van der Waals surface area contributed by atoms with E-state index in [1.165, 1.54) is 7.11 Å². The summed E-state index contributed by atoms with van der Waals surface area (Å²) in [6.45, 7) is -0.876. The van der Waals surface area contributed by atoms with E-state index < -0.39 is 6.86 Å². The van der Waals surface area contributed by atoms with Crippen molar-refractivity contribution in [2.75, 3.05) is 21.1 Å². The Morgan fingerprint density at radius 2 is 1.79 bits per heavy atom. The molecule has 0 atom stereocenters. The first-order valence-electron chi connectivity index (χ1n) is 3.83. The monoisotopic (exact) mass is 312 g/mol. The van der Waals surface area contributed by atoms with Crippen molar-refractivity contribution in [1.29, 1.82) is 0 Å². The number of halogens is 2. The average molecular weight is 312 g/mol. The van der Waals surface area contributed by atoms with Crippen molar-refractivity contribution in [2.45, 2.75) is 0 Å². The van der Waals surface area contributed by atoms with Gasteiger partial charge in [0.1, 0.15) is 5.75 Å². The van der Waals surface area contributed by atoms with Crippen molar-refractivity contribution in [1.82, 2.24) is 0 Å². The van der Waals surface area contributed by atoms with Crippen molar-refractivity contribution in [2.24, 2.45) is 0 Å². The normalized spacial score (nSPS) is 9.71. The van der Waals surface area contributed by atoms with Gasteiger partial charge in [0, 0.05) is 12.1 Å².